The van der Waals surface area contributed by atoms with E-state index in [0.29, 0.717) is 29.5 Å². The normalized spacial score (nSPS) is 23.0. The Hall–Kier alpha value is -1.55. The Balaban J connectivity index is 2.17. The van der Waals surface area contributed by atoms with Crippen molar-refractivity contribution >= 4 is 28.4 Å². The van der Waals surface area contributed by atoms with Crippen LogP contribution in [0, 0.1) is 0 Å². The lowest BCUT2D eigenvalue weighted by Gasteiger charge is -2.36. The second-order valence-electron chi connectivity index (χ2n) is 7.85. The van der Waals surface area contributed by atoms with E-state index in [1.807, 2.05) is 52.0 Å². The lowest BCUT2D eigenvalue weighted by Crippen LogP contribution is -2.49. The largest absolute Gasteiger partial charge is 0.466 e. The van der Waals surface area contributed by atoms with Crippen LogP contribution in [0.4, 0.5) is 4.79 Å². The summed E-state index contributed by atoms with van der Waals surface area (Å²) in [7, 11) is 0. The van der Waals surface area contributed by atoms with E-state index in [2.05, 4.69) is 0 Å². The quantitative estimate of drug-likeness (QED) is 0.596. The van der Waals surface area contributed by atoms with E-state index in [4.69, 9.17) is 14.2 Å². The van der Waals surface area contributed by atoms with Crippen molar-refractivity contribution in [2.45, 2.75) is 57.3 Å². The van der Waals surface area contributed by atoms with Crippen LogP contribution in [0.3, 0.4) is 0 Å². The molecule has 1 heterocycles. The number of carbonyl (C=O) groups is 2. The molecule has 1 aliphatic heterocycles. The third kappa shape index (κ3) is 5.23. The smallest absolute Gasteiger partial charge is 0.412 e. The fourth-order valence-electron chi connectivity index (χ4n) is 2.94. The van der Waals surface area contributed by atoms with Gasteiger partial charge in [0.2, 0.25) is 0 Å². The van der Waals surface area contributed by atoms with Crippen LogP contribution in [-0.4, -0.2) is 56.7 Å². The summed E-state index contributed by atoms with van der Waals surface area (Å²) in [6.45, 7) is 10.1. The van der Waals surface area contributed by atoms with Gasteiger partial charge in [0.1, 0.15) is 5.60 Å². The molecule has 1 fully saturated rings. The molecule has 0 bridgehead atoms. The van der Waals surface area contributed by atoms with E-state index >= 15 is 0 Å². The van der Waals surface area contributed by atoms with E-state index in [-0.39, 0.29) is 24.5 Å². The number of benzene rings is 1. The molecule has 1 saturated heterocycles. The van der Waals surface area contributed by atoms with Crippen molar-refractivity contribution < 1.29 is 23.8 Å². The van der Waals surface area contributed by atoms with Gasteiger partial charge in [-0.2, -0.15) is 0 Å². The zero-order valence-corrected chi connectivity index (χ0v) is 18.5. The van der Waals surface area contributed by atoms with Crippen LogP contribution in [0.2, 0.25) is 0 Å². The maximum Gasteiger partial charge on any atom is 0.412 e. The Morgan fingerprint density at radius 1 is 1.31 bits per heavy atom. The Kier molecular flexibility index (Phi) is 6.38. The molecule has 6 nitrogen and oxygen atoms in total. The zero-order valence-electron chi connectivity index (χ0n) is 16.5. The highest BCUT2D eigenvalue weighted by Gasteiger charge is 2.45. The van der Waals surface area contributed by atoms with Crippen LogP contribution in [0.15, 0.2) is 24.3 Å². The average Bonchev–Trinajstić information content (AvgIpc) is 2.82. The lowest BCUT2D eigenvalue weighted by molar-refractivity contribution is -0.142. The van der Waals surface area contributed by atoms with Crippen molar-refractivity contribution in [2.75, 3.05) is 13.2 Å². The SMILES string of the molecule is CCOC(=O)Cc1ccc([C@H]2CO[C](C)([AlH2])N2C(=O)OC(C)(C)C)cc1. The van der Waals surface area contributed by atoms with Crippen LogP contribution in [0.1, 0.15) is 51.8 Å². The molecule has 0 saturated carbocycles. The Morgan fingerprint density at radius 3 is 2.46 bits per heavy atom. The molecule has 7 heteroatoms. The van der Waals surface area contributed by atoms with Gasteiger partial charge in [-0.3, -0.25) is 9.69 Å². The van der Waals surface area contributed by atoms with Crippen molar-refractivity contribution in [3.63, 3.8) is 0 Å². The second-order valence-corrected chi connectivity index (χ2v) is 9.70. The average molecular weight is 377 g/mol. The molecule has 0 N–H and O–H groups in total. The lowest BCUT2D eigenvalue weighted by atomic mass is 10.0. The van der Waals surface area contributed by atoms with Crippen molar-refractivity contribution in [1.82, 2.24) is 4.90 Å². The Bertz CT molecular complexity index is 651. The summed E-state index contributed by atoms with van der Waals surface area (Å²) >= 11 is 0.662. The highest BCUT2D eigenvalue weighted by atomic mass is 27.0. The van der Waals surface area contributed by atoms with Crippen molar-refractivity contribution in [2.24, 2.45) is 0 Å². The molecule has 0 aliphatic carbocycles. The van der Waals surface area contributed by atoms with E-state index in [1.165, 1.54) is 0 Å². The van der Waals surface area contributed by atoms with Gasteiger partial charge in [-0.25, -0.2) is 4.79 Å². The molecule has 2 rings (SSSR count). The van der Waals surface area contributed by atoms with Gasteiger partial charge < -0.3 is 14.2 Å². The number of esters is 1. The maximum atomic E-state index is 12.7. The standard InChI is InChI=1S/C19H26NO5.Al.2H/c1-6-23-17(21)11-14-7-9-15(10-8-14)16-12-24-13(2)20(16)18(22)25-19(3,4)5;;;/h7-10,16H,6,11-12H2,1-5H3;;;/t16-;;;/m1.../s1. The number of carbonyl (C=O) groups excluding carboxylic acids is 2. The summed E-state index contributed by atoms with van der Waals surface area (Å²) < 4.78 is 15.8. The summed E-state index contributed by atoms with van der Waals surface area (Å²) in [5.74, 6) is -0.244. The topological polar surface area (TPSA) is 65.1 Å². The fraction of sp³-hybridized carbons (Fsp3) is 0.579. The fourth-order valence-corrected chi connectivity index (χ4v) is 3.60. The minimum atomic E-state index is -0.614. The molecule has 0 radical (unpaired) electrons. The number of nitrogens with zero attached hydrogens (tertiary/aromatic N) is 1. The molecule has 0 spiro atoms. The first kappa shape index (κ1) is 20.8. The summed E-state index contributed by atoms with van der Waals surface area (Å²) in [5.41, 5.74) is 1.28. The molecule has 1 amide bonds. The molecule has 1 aromatic carbocycles. The number of rotatable bonds is 4. The van der Waals surface area contributed by atoms with Gasteiger partial charge in [0.25, 0.3) is 16.3 Å². The van der Waals surface area contributed by atoms with Crippen LogP contribution in [0.25, 0.3) is 0 Å². The Morgan fingerprint density at radius 2 is 1.92 bits per heavy atom. The molecule has 142 valence electrons. The molecule has 26 heavy (non-hydrogen) atoms. The van der Waals surface area contributed by atoms with Crippen LogP contribution in [0.5, 0.6) is 0 Å². The van der Waals surface area contributed by atoms with E-state index in [9.17, 15) is 9.59 Å². The zero-order chi connectivity index (χ0) is 19.5. The van der Waals surface area contributed by atoms with Gasteiger partial charge >= 0.3 is 12.1 Å². The molecule has 2 atom stereocenters. The van der Waals surface area contributed by atoms with E-state index in [1.54, 1.807) is 11.8 Å². The minimum Gasteiger partial charge on any atom is -0.466 e. The first-order chi connectivity index (χ1) is 12.0. The number of hydrogen-bond acceptors (Lipinski definition) is 5. The summed E-state index contributed by atoms with van der Waals surface area (Å²) in [4.78, 5) is 26.0. The monoisotopic (exact) mass is 377 g/mol. The summed E-state index contributed by atoms with van der Waals surface area (Å²) in [6, 6.07) is 7.44. The second kappa shape index (κ2) is 8.00. The van der Waals surface area contributed by atoms with Gasteiger partial charge in [0, 0.05) is 0 Å². The van der Waals surface area contributed by atoms with Crippen molar-refractivity contribution in [3.8, 4) is 0 Å². The van der Waals surface area contributed by atoms with Crippen molar-refractivity contribution in [3.05, 3.63) is 35.4 Å². The number of hydrogen-bond donors (Lipinski definition) is 0. The van der Waals surface area contributed by atoms with Gasteiger partial charge in [-0.1, -0.05) is 24.3 Å². The maximum absolute atomic E-state index is 12.7. The van der Waals surface area contributed by atoms with Crippen LogP contribution < -0.4 is 0 Å². The highest BCUT2D eigenvalue weighted by molar-refractivity contribution is 6.15. The number of amides is 1. The van der Waals surface area contributed by atoms with E-state index in [0.717, 1.165) is 11.1 Å². The molecule has 1 unspecified atom stereocenters. The van der Waals surface area contributed by atoms with E-state index < -0.39 is 10.2 Å². The van der Waals surface area contributed by atoms with Crippen LogP contribution in [-0.2, 0) is 25.4 Å². The molecular formula is C19H28AlNO5. The van der Waals surface area contributed by atoms with Gasteiger partial charge in [-0.05, 0) is 45.7 Å². The molecule has 1 aliphatic rings. The molecule has 0 aromatic heterocycles. The highest BCUT2D eigenvalue weighted by Crippen LogP contribution is 2.36. The Labute approximate surface area is 163 Å². The van der Waals surface area contributed by atoms with Crippen molar-refractivity contribution in [1.29, 1.82) is 0 Å². The molecule has 1 aromatic rings. The predicted octanol–water partition coefficient (Wildman–Crippen LogP) is 2.41. The van der Waals surface area contributed by atoms with Gasteiger partial charge in [0.15, 0.2) is 0 Å². The predicted molar refractivity (Wildman–Crippen MR) is 100 cm³/mol. The van der Waals surface area contributed by atoms with Gasteiger partial charge in [-0.15, -0.1) is 0 Å². The first-order valence-corrected chi connectivity index (χ1v) is 9.94. The summed E-state index contributed by atoms with van der Waals surface area (Å²) in [6.07, 6.45) is -0.128. The third-order valence-corrected chi connectivity index (χ3v) is 4.87. The first-order valence-electron chi connectivity index (χ1n) is 8.94. The third-order valence-electron chi connectivity index (χ3n) is 4.09. The van der Waals surface area contributed by atoms with Crippen LogP contribution >= 0.6 is 0 Å². The molecular weight excluding hydrogens is 349 g/mol. The summed E-state index contributed by atoms with van der Waals surface area (Å²) in [5, 5.41) is 0. The van der Waals surface area contributed by atoms with Gasteiger partial charge in [0.05, 0.1) is 30.3 Å². The number of ether oxygens (including phenoxy) is 3. The minimum absolute atomic E-state index is 0.205.